The molecule has 3 N–H and O–H groups in total. The highest BCUT2D eigenvalue weighted by molar-refractivity contribution is 5.97. The standard InChI is InChI=1S/C54H80N4O13/c1-8-9-10-11-12-13-14-21-29-66-47-43(69-53-48(47)70-54(6,7)71-53)34-65-35-44(59)55-40(30-36(2)3)49(61)56-41(31-45(60)67-32-38-23-17-15-18-24-38)50(62)57-46(37(4)5)51(63)58-28-22-27-42(58)52(64)68-33-39-25-19-16-20-26-39/h15-20,23-26,36-37,40-43,46-48,53H,8-14,21-22,27-35H2,1-7H3,(H,55,59)(H,56,61)(H,57,62)/t40-,41-,42-,43+,46-,47+,48+,53+/m0/s1. The molecule has 0 aromatic heterocycles. The molecule has 0 aliphatic carbocycles. The number of rotatable bonds is 30. The Morgan fingerprint density at radius 1 is 0.761 bits per heavy atom. The monoisotopic (exact) mass is 993 g/mol. The van der Waals surface area contributed by atoms with E-state index in [2.05, 4.69) is 22.9 Å². The molecule has 3 aliphatic rings. The minimum absolute atomic E-state index is 0.00711. The molecule has 0 spiro atoms. The van der Waals surface area contributed by atoms with Gasteiger partial charge in [-0.15, -0.1) is 0 Å². The zero-order chi connectivity index (χ0) is 51.3. The second kappa shape index (κ2) is 28.9. The van der Waals surface area contributed by atoms with Gasteiger partial charge in [0.05, 0.1) is 13.0 Å². The average Bonchev–Trinajstić information content (AvgIpc) is 4.03. The summed E-state index contributed by atoms with van der Waals surface area (Å²) in [5.74, 6) is -5.35. The third-order valence-electron chi connectivity index (χ3n) is 12.8. The first kappa shape index (κ1) is 57.0. The first-order valence-corrected chi connectivity index (χ1v) is 25.9. The Hall–Kier alpha value is -4.94. The van der Waals surface area contributed by atoms with E-state index < -0.39 is 109 Å². The Bertz CT molecular complexity index is 1990. The number of hydrogen-bond acceptors (Lipinski definition) is 13. The number of hydrogen-bond donors (Lipinski definition) is 3. The normalized spacial score (nSPS) is 21.6. The number of unbranched alkanes of at least 4 members (excludes halogenated alkanes) is 7. The Morgan fingerprint density at radius 3 is 2.01 bits per heavy atom. The Kier molecular flexibility index (Phi) is 23.2. The third kappa shape index (κ3) is 18.6. The predicted octanol–water partition coefficient (Wildman–Crippen LogP) is 6.43. The van der Waals surface area contributed by atoms with Gasteiger partial charge in [0.15, 0.2) is 12.1 Å². The molecule has 394 valence electrons. The maximum atomic E-state index is 14.3. The summed E-state index contributed by atoms with van der Waals surface area (Å²) in [6, 6.07) is 13.6. The molecular weight excluding hydrogens is 913 g/mol. The molecular formula is C54H80N4O13. The van der Waals surface area contributed by atoms with Crippen LogP contribution in [0, 0.1) is 11.8 Å². The van der Waals surface area contributed by atoms with E-state index in [1.54, 1.807) is 38.1 Å². The summed E-state index contributed by atoms with van der Waals surface area (Å²) < 4.78 is 41.6. The predicted molar refractivity (Wildman–Crippen MR) is 264 cm³/mol. The number of amides is 4. The van der Waals surface area contributed by atoms with Crippen molar-refractivity contribution >= 4 is 35.6 Å². The number of nitrogens with zero attached hydrogens (tertiary/aromatic N) is 1. The fraction of sp³-hybridized carbons (Fsp3) is 0.667. The molecule has 0 bridgehead atoms. The smallest absolute Gasteiger partial charge is 0.329 e. The van der Waals surface area contributed by atoms with E-state index in [1.165, 1.54) is 37.0 Å². The zero-order valence-corrected chi connectivity index (χ0v) is 43.0. The van der Waals surface area contributed by atoms with E-state index in [-0.39, 0.29) is 38.7 Å². The number of likely N-dealkylation sites (tertiary alicyclic amines) is 1. The topological polar surface area (TPSA) is 206 Å². The summed E-state index contributed by atoms with van der Waals surface area (Å²) in [4.78, 5) is 84.2. The van der Waals surface area contributed by atoms with E-state index >= 15 is 0 Å². The SMILES string of the molecule is CCCCCCCCCCO[C@H]1[C@H]2OC(C)(C)O[C@H]2O[C@@H]1COCC(=O)N[C@@H](CC(C)C)C(=O)N[C@@H](CC(=O)OCc1ccccc1)C(=O)N[C@H](C(=O)N1CCC[C@H]1C(=O)OCc1ccccc1)C(C)C. The maximum Gasteiger partial charge on any atom is 0.329 e. The van der Waals surface area contributed by atoms with Crippen molar-refractivity contribution in [3.05, 3.63) is 71.8 Å². The van der Waals surface area contributed by atoms with Crippen LogP contribution in [0.15, 0.2) is 60.7 Å². The number of ether oxygens (including phenoxy) is 7. The van der Waals surface area contributed by atoms with Gasteiger partial charge in [0.1, 0.15) is 62.3 Å². The zero-order valence-electron chi connectivity index (χ0n) is 43.0. The number of carbonyl (C=O) groups excluding carboxylic acids is 6. The fourth-order valence-corrected chi connectivity index (χ4v) is 9.04. The number of benzene rings is 2. The highest BCUT2D eigenvalue weighted by atomic mass is 16.8. The molecule has 17 heteroatoms. The minimum atomic E-state index is -1.51. The van der Waals surface area contributed by atoms with E-state index in [1.807, 2.05) is 64.1 Å². The average molecular weight is 993 g/mol. The Morgan fingerprint density at radius 2 is 1.38 bits per heavy atom. The van der Waals surface area contributed by atoms with Gasteiger partial charge in [-0.1, -0.05) is 140 Å². The van der Waals surface area contributed by atoms with Crippen molar-refractivity contribution in [1.29, 1.82) is 0 Å². The van der Waals surface area contributed by atoms with Crippen LogP contribution < -0.4 is 16.0 Å². The summed E-state index contributed by atoms with van der Waals surface area (Å²) >= 11 is 0. The summed E-state index contributed by atoms with van der Waals surface area (Å²) in [7, 11) is 0. The maximum absolute atomic E-state index is 14.3. The molecule has 71 heavy (non-hydrogen) atoms. The molecule has 4 amide bonds. The third-order valence-corrected chi connectivity index (χ3v) is 12.8. The van der Waals surface area contributed by atoms with Crippen LogP contribution in [0.25, 0.3) is 0 Å². The number of fused-ring (bicyclic) bond motifs is 1. The minimum Gasteiger partial charge on any atom is -0.461 e. The first-order valence-electron chi connectivity index (χ1n) is 25.9. The van der Waals surface area contributed by atoms with Gasteiger partial charge >= 0.3 is 11.9 Å². The van der Waals surface area contributed by atoms with E-state index in [0.717, 1.165) is 30.4 Å². The largest absolute Gasteiger partial charge is 0.461 e. The molecule has 0 radical (unpaired) electrons. The van der Waals surface area contributed by atoms with Gasteiger partial charge in [-0.2, -0.15) is 0 Å². The summed E-state index contributed by atoms with van der Waals surface area (Å²) in [6.45, 7) is 13.4. The van der Waals surface area contributed by atoms with Gasteiger partial charge in [-0.3, -0.25) is 24.0 Å². The number of nitrogens with one attached hydrogen (secondary N) is 3. The molecule has 0 saturated carbocycles. The molecule has 3 aliphatic heterocycles. The van der Waals surface area contributed by atoms with Crippen LogP contribution in [0.3, 0.4) is 0 Å². The second-order valence-electron chi connectivity index (χ2n) is 20.1. The lowest BCUT2D eigenvalue weighted by molar-refractivity contribution is -0.223. The van der Waals surface area contributed by atoms with Crippen LogP contribution in [0.5, 0.6) is 0 Å². The van der Waals surface area contributed by atoms with Gasteiger partial charge in [0.2, 0.25) is 23.6 Å². The number of carbonyl (C=O) groups is 6. The molecule has 0 unspecified atom stereocenters. The van der Waals surface area contributed by atoms with Gasteiger partial charge in [-0.05, 0) is 62.5 Å². The van der Waals surface area contributed by atoms with Crippen molar-refractivity contribution in [3.8, 4) is 0 Å². The van der Waals surface area contributed by atoms with Crippen LogP contribution in [0.2, 0.25) is 0 Å². The van der Waals surface area contributed by atoms with Crippen LogP contribution in [-0.2, 0) is 75.1 Å². The van der Waals surface area contributed by atoms with Crippen LogP contribution >= 0.6 is 0 Å². The molecule has 2 aromatic rings. The van der Waals surface area contributed by atoms with E-state index in [9.17, 15) is 28.8 Å². The quantitative estimate of drug-likeness (QED) is 0.0571. The van der Waals surface area contributed by atoms with Crippen LogP contribution in [0.4, 0.5) is 0 Å². The van der Waals surface area contributed by atoms with Crippen molar-refractivity contribution < 1.29 is 61.9 Å². The van der Waals surface area contributed by atoms with Crippen molar-refractivity contribution in [2.45, 2.75) is 193 Å². The fourth-order valence-electron chi connectivity index (χ4n) is 9.04. The highest BCUT2D eigenvalue weighted by Gasteiger charge is 2.55. The lowest BCUT2D eigenvalue weighted by atomic mass is 10.0. The molecule has 5 rings (SSSR count). The van der Waals surface area contributed by atoms with Crippen LogP contribution in [-0.4, -0.2) is 121 Å². The lowest BCUT2D eigenvalue weighted by Gasteiger charge is -2.31. The van der Waals surface area contributed by atoms with E-state index in [4.69, 9.17) is 33.2 Å². The van der Waals surface area contributed by atoms with Crippen molar-refractivity contribution in [1.82, 2.24) is 20.9 Å². The molecule has 3 heterocycles. The molecule has 8 atom stereocenters. The van der Waals surface area contributed by atoms with Gasteiger partial charge in [0.25, 0.3) is 0 Å². The summed E-state index contributed by atoms with van der Waals surface area (Å²) in [5, 5.41) is 8.20. The summed E-state index contributed by atoms with van der Waals surface area (Å²) in [5.41, 5.74) is 1.52. The van der Waals surface area contributed by atoms with Gasteiger partial charge < -0.3 is 54.0 Å². The molecule has 17 nitrogen and oxygen atoms in total. The van der Waals surface area contributed by atoms with Gasteiger partial charge in [0, 0.05) is 13.2 Å². The van der Waals surface area contributed by atoms with Crippen LogP contribution in [0.1, 0.15) is 137 Å². The molecule has 2 aromatic carbocycles. The molecule has 3 saturated heterocycles. The highest BCUT2D eigenvalue weighted by Crippen LogP contribution is 2.39. The molecule has 3 fully saturated rings. The first-order chi connectivity index (χ1) is 34.0. The summed E-state index contributed by atoms with van der Waals surface area (Å²) in [6.07, 6.45) is 7.67. The van der Waals surface area contributed by atoms with E-state index in [0.29, 0.717) is 19.4 Å². The van der Waals surface area contributed by atoms with Crippen molar-refractivity contribution in [2.75, 3.05) is 26.4 Å². The Balaban J connectivity index is 1.20. The van der Waals surface area contributed by atoms with Crippen molar-refractivity contribution in [3.63, 3.8) is 0 Å². The van der Waals surface area contributed by atoms with Gasteiger partial charge in [-0.25, -0.2) is 4.79 Å². The lowest BCUT2D eigenvalue weighted by Crippen LogP contribution is -2.59. The van der Waals surface area contributed by atoms with Crippen molar-refractivity contribution in [2.24, 2.45) is 11.8 Å². The second-order valence-corrected chi connectivity index (χ2v) is 20.1. The Labute approximate surface area is 420 Å². The number of esters is 2.